The van der Waals surface area contributed by atoms with E-state index in [1.54, 1.807) is 18.2 Å². The molecule has 1 aromatic carbocycles. The van der Waals surface area contributed by atoms with E-state index in [0.29, 0.717) is 17.8 Å². The van der Waals surface area contributed by atoms with Gasteiger partial charge in [0.25, 0.3) is 0 Å². The van der Waals surface area contributed by atoms with E-state index in [1.165, 1.54) is 13.0 Å². The van der Waals surface area contributed by atoms with E-state index in [0.717, 1.165) is 17.4 Å². The molecule has 0 aliphatic heterocycles. The number of aryl methyl sites for hydroxylation is 1. The molecule has 1 aromatic heterocycles. The zero-order valence-corrected chi connectivity index (χ0v) is 10.4. The third kappa shape index (κ3) is 2.42. The van der Waals surface area contributed by atoms with Crippen molar-refractivity contribution in [2.75, 3.05) is 0 Å². The Morgan fingerprint density at radius 2 is 2.00 bits per heavy atom. The molecule has 0 N–H and O–H groups in total. The maximum atomic E-state index is 11.3. The lowest BCUT2D eigenvalue weighted by Gasteiger charge is -2.10. The van der Waals surface area contributed by atoms with Crippen molar-refractivity contribution in [2.45, 2.75) is 26.7 Å². The minimum atomic E-state index is -0.403. The Hall–Kier alpha value is -2.10. The van der Waals surface area contributed by atoms with Gasteiger partial charge in [-0.3, -0.25) is 4.79 Å². The van der Waals surface area contributed by atoms with Crippen molar-refractivity contribution < 1.29 is 13.9 Å². The normalized spacial score (nSPS) is 10.6. The first-order valence-electron chi connectivity index (χ1n) is 5.86. The molecule has 2 aromatic rings. The van der Waals surface area contributed by atoms with Gasteiger partial charge in [-0.15, -0.1) is 0 Å². The van der Waals surface area contributed by atoms with Gasteiger partial charge in [0.2, 0.25) is 0 Å². The Morgan fingerprint density at radius 1 is 1.28 bits per heavy atom. The highest BCUT2D eigenvalue weighted by atomic mass is 16.5. The van der Waals surface area contributed by atoms with Crippen molar-refractivity contribution in [3.8, 4) is 5.75 Å². The molecule has 0 fully saturated rings. The van der Waals surface area contributed by atoms with Crippen molar-refractivity contribution in [3.05, 3.63) is 40.2 Å². The average molecular weight is 246 g/mol. The molecule has 4 nitrogen and oxygen atoms in total. The highest BCUT2D eigenvalue weighted by molar-refractivity contribution is 5.83. The van der Waals surface area contributed by atoms with Crippen molar-refractivity contribution in [1.82, 2.24) is 0 Å². The van der Waals surface area contributed by atoms with Gasteiger partial charge in [0.15, 0.2) is 0 Å². The highest BCUT2D eigenvalue weighted by Crippen LogP contribution is 2.28. The summed E-state index contributed by atoms with van der Waals surface area (Å²) in [7, 11) is 0. The molecular weight excluding hydrogens is 232 g/mol. The lowest BCUT2D eigenvalue weighted by molar-refractivity contribution is -0.131. The van der Waals surface area contributed by atoms with Crippen molar-refractivity contribution in [1.29, 1.82) is 0 Å². The summed E-state index contributed by atoms with van der Waals surface area (Å²) in [6.07, 6.45) is 1.55. The topological polar surface area (TPSA) is 56.5 Å². The Bertz CT molecular complexity index is 640. The lowest BCUT2D eigenvalue weighted by atomic mass is 10.1. The van der Waals surface area contributed by atoms with E-state index in [9.17, 15) is 9.59 Å². The second-order valence-electron chi connectivity index (χ2n) is 4.06. The Morgan fingerprint density at radius 3 is 2.67 bits per heavy atom. The van der Waals surface area contributed by atoms with E-state index in [-0.39, 0.29) is 5.97 Å². The standard InChI is InChI=1S/C14H14O4/c1-3-4-11-12(17-9(2)15)7-5-10-6-8-13(16)18-14(10)11/h5-8H,3-4H2,1-2H3. The Balaban J connectivity index is 2.67. The predicted molar refractivity (Wildman–Crippen MR) is 67.8 cm³/mol. The van der Waals surface area contributed by atoms with Gasteiger partial charge in [-0.1, -0.05) is 13.3 Å². The number of carbonyl (C=O) groups is 1. The fourth-order valence-corrected chi connectivity index (χ4v) is 1.91. The van der Waals surface area contributed by atoms with Crippen LogP contribution >= 0.6 is 0 Å². The summed E-state index contributed by atoms with van der Waals surface area (Å²) >= 11 is 0. The zero-order valence-electron chi connectivity index (χ0n) is 10.4. The molecule has 0 bridgehead atoms. The third-order valence-electron chi connectivity index (χ3n) is 2.60. The first kappa shape index (κ1) is 12.4. The van der Waals surface area contributed by atoms with Gasteiger partial charge in [-0.05, 0) is 24.6 Å². The summed E-state index contributed by atoms with van der Waals surface area (Å²) in [6, 6.07) is 6.59. The van der Waals surface area contributed by atoms with Gasteiger partial charge >= 0.3 is 11.6 Å². The summed E-state index contributed by atoms with van der Waals surface area (Å²) in [6.45, 7) is 3.36. The lowest BCUT2D eigenvalue weighted by Crippen LogP contribution is -2.05. The second-order valence-corrected chi connectivity index (χ2v) is 4.06. The maximum absolute atomic E-state index is 11.3. The molecule has 94 valence electrons. The number of ether oxygens (including phenoxy) is 1. The summed E-state index contributed by atoms with van der Waals surface area (Å²) in [4.78, 5) is 22.4. The van der Waals surface area contributed by atoms with Crippen LogP contribution in [0.2, 0.25) is 0 Å². The van der Waals surface area contributed by atoms with Crippen molar-refractivity contribution >= 4 is 16.9 Å². The number of hydrogen-bond acceptors (Lipinski definition) is 4. The van der Waals surface area contributed by atoms with E-state index in [4.69, 9.17) is 9.15 Å². The smallest absolute Gasteiger partial charge is 0.336 e. The maximum Gasteiger partial charge on any atom is 0.336 e. The largest absolute Gasteiger partial charge is 0.426 e. The Labute approximate surface area is 104 Å². The fourth-order valence-electron chi connectivity index (χ4n) is 1.91. The van der Waals surface area contributed by atoms with Crippen LogP contribution in [0.5, 0.6) is 5.75 Å². The van der Waals surface area contributed by atoms with E-state index >= 15 is 0 Å². The monoisotopic (exact) mass is 246 g/mol. The number of hydrogen-bond donors (Lipinski definition) is 0. The molecule has 4 heteroatoms. The van der Waals surface area contributed by atoms with Gasteiger partial charge < -0.3 is 9.15 Å². The summed E-state index contributed by atoms with van der Waals surface area (Å²) in [5.41, 5.74) is 0.867. The van der Waals surface area contributed by atoms with Crippen LogP contribution in [0.4, 0.5) is 0 Å². The third-order valence-corrected chi connectivity index (χ3v) is 2.60. The quantitative estimate of drug-likeness (QED) is 0.474. The summed E-state index contributed by atoms with van der Waals surface area (Å²) < 4.78 is 10.4. The van der Waals surface area contributed by atoms with Crippen LogP contribution in [0.25, 0.3) is 11.0 Å². The van der Waals surface area contributed by atoms with Crippen LogP contribution in [0, 0.1) is 0 Å². The average Bonchev–Trinajstić information content (AvgIpc) is 2.32. The molecule has 18 heavy (non-hydrogen) atoms. The minimum Gasteiger partial charge on any atom is -0.426 e. The summed E-state index contributed by atoms with van der Waals surface area (Å²) in [5, 5.41) is 0.828. The molecule has 0 unspecified atom stereocenters. The molecule has 0 aliphatic rings. The first-order chi connectivity index (χ1) is 8.61. The van der Waals surface area contributed by atoms with E-state index in [2.05, 4.69) is 0 Å². The second kappa shape index (κ2) is 5.04. The van der Waals surface area contributed by atoms with Gasteiger partial charge in [0, 0.05) is 23.9 Å². The molecule has 0 radical (unpaired) electrons. The highest BCUT2D eigenvalue weighted by Gasteiger charge is 2.12. The molecule has 2 rings (SSSR count). The fraction of sp³-hybridized carbons (Fsp3) is 0.286. The SMILES string of the molecule is CCCc1c(OC(C)=O)ccc2ccc(=O)oc12. The first-order valence-corrected chi connectivity index (χ1v) is 5.86. The Kier molecular flexibility index (Phi) is 3.46. The van der Waals surface area contributed by atoms with Gasteiger partial charge in [0.1, 0.15) is 11.3 Å². The number of rotatable bonds is 3. The van der Waals surface area contributed by atoms with Crippen LogP contribution in [0.3, 0.4) is 0 Å². The summed E-state index contributed by atoms with van der Waals surface area (Å²) in [5.74, 6) is 0.0798. The number of fused-ring (bicyclic) bond motifs is 1. The van der Waals surface area contributed by atoms with Gasteiger partial charge in [-0.2, -0.15) is 0 Å². The van der Waals surface area contributed by atoms with Crippen LogP contribution in [-0.4, -0.2) is 5.97 Å². The molecule has 0 saturated heterocycles. The van der Waals surface area contributed by atoms with E-state index in [1.807, 2.05) is 6.92 Å². The molecule has 0 amide bonds. The number of carbonyl (C=O) groups excluding carboxylic acids is 1. The molecular formula is C14H14O4. The van der Waals surface area contributed by atoms with Crippen molar-refractivity contribution in [3.63, 3.8) is 0 Å². The van der Waals surface area contributed by atoms with Crippen LogP contribution in [-0.2, 0) is 11.2 Å². The predicted octanol–water partition coefficient (Wildman–Crippen LogP) is 2.67. The number of esters is 1. The molecule has 1 heterocycles. The molecule has 0 spiro atoms. The molecule has 0 saturated carbocycles. The zero-order chi connectivity index (χ0) is 13.1. The minimum absolute atomic E-state index is 0.384. The van der Waals surface area contributed by atoms with Crippen LogP contribution in [0.1, 0.15) is 25.8 Å². The van der Waals surface area contributed by atoms with Crippen molar-refractivity contribution in [2.24, 2.45) is 0 Å². The van der Waals surface area contributed by atoms with Gasteiger partial charge in [-0.25, -0.2) is 4.79 Å². The van der Waals surface area contributed by atoms with E-state index < -0.39 is 5.63 Å². The van der Waals surface area contributed by atoms with Crippen LogP contribution in [0.15, 0.2) is 33.5 Å². The number of benzene rings is 1. The molecule has 0 aliphatic carbocycles. The van der Waals surface area contributed by atoms with Crippen LogP contribution < -0.4 is 10.4 Å². The molecule has 0 atom stereocenters. The van der Waals surface area contributed by atoms with Gasteiger partial charge in [0.05, 0.1) is 0 Å².